The van der Waals surface area contributed by atoms with Crippen LogP contribution in [0.25, 0.3) is 0 Å². The Morgan fingerprint density at radius 2 is 1.54 bits per heavy atom. The summed E-state index contributed by atoms with van der Waals surface area (Å²) in [4.78, 5) is 26.8. The molecular weight excluding hydrogens is 689 g/mol. The molecule has 0 unspecified atom stereocenters. The third-order valence-electron chi connectivity index (χ3n) is 12.6. The molecular formula is C36H56O12S2. The molecule has 1 aromatic rings. The molecule has 1 aromatic carbocycles. The number of aliphatic hydroxyl groups is 1. The van der Waals surface area contributed by atoms with Crippen molar-refractivity contribution < 1.29 is 53.7 Å². The lowest BCUT2D eigenvalue weighted by molar-refractivity contribution is -0.229. The molecule has 0 bridgehead atoms. The van der Waals surface area contributed by atoms with Crippen molar-refractivity contribution in [2.45, 2.75) is 149 Å². The van der Waals surface area contributed by atoms with E-state index in [1.54, 1.807) is 0 Å². The highest BCUT2D eigenvalue weighted by molar-refractivity contribution is 7.81. The fourth-order valence-electron chi connectivity index (χ4n) is 9.76. The summed E-state index contributed by atoms with van der Waals surface area (Å²) in [5.41, 5.74) is -3.28. The number of carbonyl (C=O) groups excluding carboxylic acids is 2. The van der Waals surface area contributed by atoms with Gasteiger partial charge < -0.3 is 23.0 Å². The smallest absolute Gasteiger partial charge is 0.389 e. The van der Waals surface area contributed by atoms with Crippen molar-refractivity contribution in [3.8, 4) is 11.5 Å². The molecule has 0 amide bonds. The minimum atomic E-state index is -5.01. The lowest BCUT2D eigenvalue weighted by Gasteiger charge is -2.58. The molecule has 50 heavy (non-hydrogen) atoms. The highest BCUT2D eigenvalue weighted by Crippen LogP contribution is 2.60. The van der Waals surface area contributed by atoms with Gasteiger partial charge in [-0.1, -0.05) is 34.1 Å². The van der Waals surface area contributed by atoms with Crippen molar-refractivity contribution in [1.29, 1.82) is 0 Å². The fourth-order valence-corrected chi connectivity index (χ4v) is 10.5. The molecule has 3 fully saturated rings. The van der Waals surface area contributed by atoms with E-state index in [0.29, 0.717) is 32.1 Å². The van der Waals surface area contributed by atoms with Crippen LogP contribution in [0.15, 0.2) is 18.2 Å². The van der Waals surface area contributed by atoms with Gasteiger partial charge in [-0.25, -0.2) is 0 Å². The second-order valence-corrected chi connectivity index (χ2v) is 18.7. The maximum atomic E-state index is 14.5. The number of carbonyl (C=O) groups is 2. The molecule has 1 heterocycles. The van der Waals surface area contributed by atoms with Gasteiger partial charge >= 0.3 is 20.8 Å². The molecule has 2 saturated carbocycles. The first-order valence-corrected chi connectivity index (χ1v) is 20.5. The maximum absolute atomic E-state index is 14.5. The summed E-state index contributed by atoms with van der Waals surface area (Å²) in [6.45, 7) is 14.0. The first kappa shape index (κ1) is 40.7. The van der Waals surface area contributed by atoms with E-state index < -0.39 is 60.6 Å². The van der Waals surface area contributed by atoms with Crippen LogP contribution in [0.5, 0.6) is 11.5 Å². The molecule has 14 heteroatoms. The summed E-state index contributed by atoms with van der Waals surface area (Å²) in [6, 6.07) is 3.10. The van der Waals surface area contributed by atoms with E-state index in [0.717, 1.165) is 56.7 Å². The number of ketones is 2. The Morgan fingerprint density at radius 3 is 2.16 bits per heavy atom. The van der Waals surface area contributed by atoms with Crippen LogP contribution in [0.2, 0.25) is 0 Å². The molecule has 7 atom stereocenters. The minimum Gasteiger partial charge on any atom is -0.389 e. The zero-order chi connectivity index (χ0) is 37.6. The quantitative estimate of drug-likeness (QED) is 0.183. The van der Waals surface area contributed by atoms with Crippen molar-refractivity contribution in [2.24, 2.45) is 28.1 Å². The summed E-state index contributed by atoms with van der Waals surface area (Å²) in [5.74, 6) is -1.37. The average Bonchev–Trinajstić information content (AvgIpc) is 3.08. The van der Waals surface area contributed by atoms with E-state index in [-0.39, 0.29) is 47.1 Å². The van der Waals surface area contributed by atoms with Crippen LogP contribution in [0.4, 0.5) is 0 Å². The average molecular weight is 745 g/mol. The van der Waals surface area contributed by atoms with Gasteiger partial charge in [-0.15, -0.1) is 0 Å². The second-order valence-electron chi connectivity index (χ2n) is 16.6. The van der Waals surface area contributed by atoms with Gasteiger partial charge in [-0.05, 0) is 120 Å². The predicted octanol–water partition coefficient (Wildman–Crippen LogP) is 6.64. The Balaban J connectivity index is 1.69. The van der Waals surface area contributed by atoms with E-state index in [1.807, 2.05) is 6.92 Å². The number of hydrogen-bond donors (Lipinski definition) is 3. The Morgan fingerprint density at radius 1 is 0.900 bits per heavy atom. The van der Waals surface area contributed by atoms with Gasteiger partial charge in [-0.2, -0.15) is 16.8 Å². The molecule has 1 saturated heterocycles. The number of Topliss-reactive ketones (excluding diaryl/α,β-unsaturated/α-hetero) is 2. The van der Waals surface area contributed by atoms with Gasteiger partial charge in [0.2, 0.25) is 0 Å². The normalized spacial score (nSPS) is 34.6. The topological polar surface area (TPSA) is 191 Å². The van der Waals surface area contributed by atoms with Crippen molar-refractivity contribution >= 4 is 32.4 Å². The molecule has 0 aromatic heterocycles. The second kappa shape index (κ2) is 14.4. The van der Waals surface area contributed by atoms with Gasteiger partial charge in [0.25, 0.3) is 0 Å². The summed E-state index contributed by atoms with van der Waals surface area (Å²) >= 11 is 0. The minimum absolute atomic E-state index is 0.0141. The van der Waals surface area contributed by atoms with E-state index in [9.17, 15) is 40.6 Å². The molecule has 2 aliphatic carbocycles. The predicted molar refractivity (Wildman–Crippen MR) is 186 cm³/mol. The highest BCUT2D eigenvalue weighted by Gasteiger charge is 2.60. The van der Waals surface area contributed by atoms with Crippen molar-refractivity contribution in [3.05, 3.63) is 23.8 Å². The lowest BCUT2D eigenvalue weighted by atomic mass is 9.49. The lowest BCUT2D eigenvalue weighted by Crippen LogP contribution is -2.61. The van der Waals surface area contributed by atoms with E-state index in [4.69, 9.17) is 8.92 Å². The molecule has 0 radical (unpaired) electrons. The SMILES string of the molecule is CC(=O)CC[C@@H]1[C@](C)(CC[C@@]2(O)[C@H](C)CC[C@@H]3OC(C)(C)CCC[C@@]32C)CCC[C@@]1(C)C(=O)Cc1cc(OS(=O)(=O)O)ccc1OS(=O)(=O)O. The standard InChI is InChI=1S/C36H56O12S2/c1-24-10-15-31-35(7,19-8-16-32(3,4)46-31)36(24,39)21-20-33(5)17-9-18-34(6,29(33)14-11-25(2)37)30(38)23-26-22-27(47-49(40,41)42)12-13-28(26)48-50(43,44)45/h12-13,22,24,29,31,39H,8-11,14-21,23H2,1-7H3,(H,40,41,42)(H,43,44,45)/t24-,29-,31+,33+,34-,35+,36-/m1/s1. The fraction of sp³-hybridized carbons (Fsp3) is 0.778. The van der Waals surface area contributed by atoms with Gasteiger partial charge in [-0.3, -0.25) is 13.9 Å². The van der Waals surface area contributed by atoms with Crippen LogP contribution in [0.1, 0.15) is 131 Å². The Kier molecular flexibility index (Phi) is 11.7. The number of rotatable bonds is 13. The molecule has 12 nitrogen and oxygen atoms in total. The van der Waals surface area contributed by atoms with Crippen molar-refractivity contribution in [3.63, 3.8) is 0 Å². The van der Waals surface area contributed by atoms with E-state index >= 15 is 0 Å². The van der Waals surface area contributed by atoms with E-state index in [2.05, 4.69) is 38.8 Å². The molecule has 3 aliphatic rings. The summed E-state index contributed by atoms with van der Waals surface area (Å²) in [7, 11) is -9.95. The zero-order valence-corrected chi connectivity index (χ0v) is 32.1. The number of fused-ring (bicyclic) bond motifs is 1. The van der Waals surface area contributed by atoms with Crippen LogP contribution in [-0.2, 0) is 41.5 Å². The monoisotopic (exact) mass is 744 g/mol. The van der Waals surface area contributed by atoms with Crippen LogP contribution < -0.4 is 8.37 Å². The number of ether oxygens (including phenoxy) is 1. The number of benzene rings is 1. The van der Waals surface area contributed by atoms with Crippen LogP contribution in [0.3, 0.4) is 0 Å². The van der Waals surface area contributed by atoms with Crippen molar-refractivity contribution in [2.75, 3.05) is 0 Å². The Hall–Kier alpha value is -2.10. The van der Waals surface area contributed by atoms with Crippen LogP contribution in [-0.4, -0.2) is 59.9 Å². The first-order chi connectivity index (χ1) is 22.8. The molecule has 0 spiro atoms. The van der Waals surface area contributed by atoms with Crippen LogP contribution in [0, 0.1) is 28.1 Å². The van der Waals surface area contributed by atoms with Crippen molar-refractivity contribution in [1.82, 2.24) is 0 Å². The third kappa shape index (κ3) is 8.91. The largest absolute Gasteiger partial charge is 0.446 e. The van der Waals surface area contributed by atoms with E-state index in [1.165, 1.54) is 6.92 Å². The molecule has 4 rings (SSSR count). The molecule has 284 valence electrons. The molecule has 1 aliphatic heterocycles. The van der Waals surface area contributed by atoms with Gasteiger partial charge in [0.1, 0.15) is 23.1 Å². The first-order valence-electron chi connectivity index (χ1n) is 17.7. The Bertz CT molecular complexity index is 1660. The van der Waals surface area contributed by atoms with Gasteiger partial charge in [0.15, 0.2) is 0 Å². The maximum Gasteiger partial charge on any atom is 0.446 e. The van der Waals surface area contributed by atoms with Gasteiger partial charge in [0, 0.05) is 29.2 Å². The van der Waals surface area contributed by atoms with Crippen LogP contribution >= 0.6 is 0 Å². The summed E-state index contributed by atoms with van der Waals surface area (Å²) in [6.07, 6.45) is 7.68. The summed E-state index contributed by atoms with van der Waals surface area (Å²) < 4.78 is 80.6. The highest BCUT2D eigenvalue weighted by atomic mass is 32.3. The number of hydrogen-bond acceptors (Lipinski definition) is 10. The zero-order valence-electron chi connectivity index (χ0n) is 30.5. The summed E-state index contributed by atoms with van der Waals surface area (Å²) in [5, 5.41) is 12.7. The third-order valence-corrected chi connectivity index (χ3v) is 13.4. The molecule has 3 N–H and O–H groups in total. The van der Waals surface area contributed by atoms with Gasteiger partial charge in [0.05, 0.1) is 17.3 Å². The Labute approximate surface area is 297 Å².